The van der Waals surface area contributed by atoms with E-state index in [0.29, 0.717) is 0 Å². The summed E-state index contributed by atoms with van der Waals surface area (Å²) in [6.07, 6.45) is -0.932. The molecule has 1 aliphatic rings. The molecule has 1 aromatic rings. The average Bonchev–Trinajstić information content (AvgIpc) is 2.57. The number of nitrogens with one attached hydrogen (secondary N) is 1. The van der Waals surface area contributed by atoms with Crippen LogP contribution in [0.2, 0.25) is 0 Å². The Morgan fingerprint density at radius 3 is 2.76 bits per heavy atom. The molecule has 2 rings (SSSR count). The molecule has 0 amide bonds. The lowest BCUT2D eigenvalue weighted by atomic mass is 10.0. The first kappa shape index (κ1) is 12.0. The Bertz CT molecular complexity index is 508. The molecule has 4 atom stereocenters. The number of ether oxygens (including phenoxy) is 1. The summed E-state index contributed by atoms with van der Waals surface area (Å²) in [4.78, 5) is 24.6. The van der Waals surface area contributed by atoms with Crippen LogP contribution in [0.5, 0.6) is 0 Å². The van der Waals surface area contributed by atoms with E-state index in [-0.39, 0.29) is 12.5 Å². The number of aliphatic hydroxyl groups excluding tert-OH is 2. The molecule has 94 valence electrons. The Morgan fingerprint density at radius 2 is 2.24 bits per heavy atom. The van der Waals surface area contributed by atoms with E-state index in [1.807, 2.05) is 0 Å². The van der Waals surface area contributed by atoms with Crippen molar-refractivity contribution in [2.75, 3.05) is 6.61 Å². The van der Waals surface area contributed by atoms with Crippen LogP contribution >= 0.6 is 0 Å². The summed E-state index contributed by atoms with van der Waals surface area (Å²) < 4.78 is 6.58. The van der Waals surface area contributed by atoms with Gasteiger partial charge in [-0.25, -0.2) is 4.79 Å². The van der Waals surface area contributed by atoms with Gasteiger partial charge in [0.25, 0.3) is 5.56 Å². The van der Waals surface area contributed by atoms with Crippen molar-refractivity contribution in [2.24, 2.45) is 5.92 Å². The summed E-state index contributed by atoms with van der Waals surface area (Å²) in [5, 5.41) is 18.8. The summed E-state index contributed by atoms with van der Waals surface area (Å²) in [5.74, 6) is -0.351. The van der Waals surface area contributed by atoms with Crippen LogP contribution in [0, 0.1) is 5.92 Å². The minimum Gasteiger partial charge on any atom is -0.394 e. The predicted octanol–water partition coefficient (Wildman–Crippen LogP) is -1.58. The van der Waals surface area contributed by atoms with Crippen LogP contribution in [0.25, 0.3) is 0 Å². The van der Waals surface area contributed by atoms with Crippen molar-refractivity contribution in [1.82, 2.24) is 9.55 Å². The van der Waals surface area contributed by atoms with Crippen LogP contribution in [-0.4, -0.2) is 38.6 Å². The van der Waals surface area contributed by atoms with Gasteiger partial charge in [-0.3, -0.25) is 14.3 Å². The van der Waals surface area contributed by atoms with Gasteiger partial charge in [0.15, 0.2) is 0 Å². The van der Waals surface area contributed by atoms with Crippen LogP contribution in [0.15, 0.2) is 21.9 Å². The van der Waals surface area contributed by atoms with Crippen molar-refractivity contribution in [3.63, 3.8) is 0 Å². The fourth-order valence-corrected chi connectivity index (χ4v) is 1.99. The zero-order valence-corrected chi connectivity index (χ0v) is 9.24. The molecule has 0 saturated carbocycles. The van der Waals surface area contributed by atoms with Gasteiger partial charge in [-0.1, -0.05) is 6.92 Å². The highest BCUT2D eigenvalue weighted by Crippen LogP contribution is 2.32. The molecule has 0 aromatic carbocycles. The van der Waals surface area contributed by atoms with Gasteiger partial charge in [-0.05, 0) is 0 Å². The largest absolute Gasteiger partial charge is 0.394 e. The Kier molecular flexibility index (Phi) is 3.14. The molecule has 0 radical (unpaired) electrons. The van der Waals surface area contributed by atoms with E-state index in [1.54, 1.807) is 6.92 Å². The normalized spacial score (nSPS) is 32.9. The minimum atomic E-state index is -0.844. The Hall–Kier alpha value is -1.44. The molecule has 2 heterocycles. The van der Waals surface area contributed by atoms with Crippen LogP contribution < -0.4 is 11.2 Å². The lowest BCUT2D eigenvalue weighted by Crippen LogP contribution is -2.33. The second-order valence-corrected chi connectivity index (χ2v) is 4.11. The number of aliphatic hydroxyl groups is 2. The molecule has 7 heteroatoms. The number of aromatic amines is 1. The number of nitrogens with zero attached hydrogens (tertiary/aromatic N) is 1. The summed E-state index contributed by atoms with van der Waals surface area (Å²) >= 11 is 0. The monoisotopic (exact) mass is 242 g/mol. The van der Waals surface area contributed by atoms with E-state index in [9.17, 15) is 14.7 Å². The van der Waals surface area contributed by atoms with E-state index in [2.05, 4.69) is 4.98 Å². The molecule has 0 unspecified atom stereocenters. The minimum absolute atomic E-state index is 0.319. The van der Waals surface area contributed by atoms with E-state index in [1.165, 1.54) is 16.8 Å². The first-order valence-electron chi connectivity index (χ1n) is 5.30. The highest BCUT2D eigenvalue weighted by molar-refractivity contribution is 4.91. The van der Waals surface area contributed by atoms with Crippen LogP contribution in [0.3, 0.4) is 0 Å². The Balaban J connectivity index is 2.35. The van der Waals surface area contributed by atoms with E-state index in [0.717, 1.165) is 0 Å². The van der Waals surface area contributed by atoms with E-state index >= 15 is 0 Å². The zero-order valence-electron chi connectivity index (χ0n) is 9.24. The third-order valence-corrected chi connectivity index (χ3v) is 2.99. The summed E-state index contributed by atoms with van der Waals surface area (Å²) in [6, 6.07) is 1.20. The topological polar surface area (TPSA) is 105 Å². The smallest absolute Gasteiger partial charge is 0.330 e. The molecular weight excluding hydrogens is 228 g/mol. The fraction of sp³-hybridized carbons (Fsp3) is 0.600. The summed E-state index contributed by atoms with van der Waals surface area (Å²) in [7, 11) is 0. The van der Waals surface area contributed by atoms with Crippen LogP contribution in [-0.2, 0) is 4.74 Å². The van der Waals surface area contributed by atoms with Gasteiger partial charge in [0.1, 0.15) is 12.3 Å². The molecule has 1 aliphatic heterocycles. The summed E-state index contributed by atoms with van der Waals surface area (Å²) in [6.45, 7) is 1.39. The van der Waals surface area contributed by atoms with Crippen molar-refractivity contribution >= 4 is 0 Å². The van der Waals surface area contributed by atoms with Crippen molar-refractivity contribution in [3.8, 4) is 0 Å². The maximum absolute atomic E-state index is 11.6. The first-order chi connectivity index (χ1) is 8.04. The van der Waals surface area contributed by atoms with Crippen molar-refractivity contribution in [1.29, 1.82) is 0 Å². The molecule has 1 fully saturated rings. The summed E-state index contributed by atoms with van der Waals surface area (Å²) in [5.41, 5.74) is -1.09. The van der Waals surface area contributed by atoms with Gasteiger partial charge < -0.3 is 14.9 Å². The molecule has 1 saturated heterocycles. The highest BCUT2D eigenvalue weighted by Gasteiger charge is 2.41. The quantitative estimate of drug-likeness (QED) is 0.580. The van der Waals surface area contributed by atoms with Gasteiger partial charge in [0.2, 0.25) is 0 Å². The predicted molar refractivity (Wildman–Crippen MR) is 57.5 cm³/mol. The molecule has 1 aromatic heterocycles. The molecule has 0 spiro atoms. The van der Waals surface area contributed by atoms with Crippen molar-refractivity contribution in [2.45, 2.75) is 25.4 Å². The third-order valence-electron chi connectivity index (χ3n) is 2.99. The number of hydrogen-bond donors (Lipinski definition) is 3. The third kappa shape index (κ3) is 2.04. The Labute approximate surface area is 96.3 Å². The fourth-order valence-electron chi connectivity index (χ4n) is 1.99. The molecule has 17 heavy (non-hydrogen) atoms. The maximum Gasteiger partial charge on any atom is 0.330 e. The number of rotatable bonds is 2. The van der Waals surface area contributed by atoms with Gasteiger partial charge in [0.05, 0.1) is 12.7 Å². The number of hydrogen-bond acceptors (Lipinski definition) is 5. The van der Waals surface area contributed by atoms with E-state index in [4.69, 9.17) is 9.84 Å². The average molecular weight is 242 g/mol. The second-order valence-electron chi connectivity index (χ2n) is 4.11. The first-order valence-corrected chi connectivity index (χ1v) is 5.30. The van der Waals surface area contributed by atoms with Gasteiger partial charge in [-0.2, -0.15) is 0 Å². The van der Waals surface area contributed by atoms with Crippen LogP contribution in [0.1, 0.15) is 13.2 Å². The molecular formula is C10H14N2O5. The molecule has 0 aliphatic carbocycles. The van der Waals surface area contributed by atoms with Crippen molar-refractivity contribution < 1.29 is 14.9 Å². The maximum atomic E-state index is 11.6. The molecule has 0 bridgehead atoms. The van der Waals surface area contributed by atoms with E-state index < -0.39 is 29.7 Å². The SMILES string of the molecule is C[C@H]1[C@@H](O)[C@H](CO)O[C@@H]1n1ccc(=O)[nH]c1=O. The standard InChI is InChI=1S/C10H14N2O5/c1-5-8(15)6(4-13)17-9(5)12-3-2-7(14)11-10(12)16/h2-3,5-6,8-9,13,15H,4H2,1H3,(H,11,14,16)/t5-,6-,8+,9-/m0/s1. The highest BCUT2D eigenvalue weighted by atomic mass is 16.5. The van der Waals surface area contributed by atoms with Gasteiger partial charge in [0, 0.05) is 18.2 Å². The number of H-pyrrole nitrogens is 1. The van der Waals surface area contributed by atoms with Gasteiger partial charge >= 0.3 is 5.69 Å². The Morgan fingerprint density at radius 1 is 1.53 bits per heavy atom. The molecule has 3 N–H and O–H groups in total. The number of aromatic nitrogens is 2. The molecule has 7 nitrogen and oxygen atoms in total. The zero-order chi connectivity index (χ0) is 12.6. The second kappa shape index (κ2) is 4.44. The lowest BCUT2D eigenvalue weighted by Gasteiger charge is -2.17. The van der Waals surface area contributed by atoms with Crippen molar-refractivity contribution in [3.05, 3.63) is 33.1 Å². The van der Waals surface area contributed by atoms with Crippen LogP contribution in [0.4, 0.5) is 0 Å². The van der Waals surface area contributed by atoms with Gasteiger partial charge in [-0.15, -0.1) is 0 Å². The lowest BCUT2D eigenvalue weighted by molar-refractivity contribution is -0.0477.